The summed E-state index contributed by atoms with van der Waals surface area (Å²) in [6.45, 7) is 4.66. The van der Waals surface area contributed by atoms with Crippen molar-refractivity contribution in [3.05, 3.63) is 11.4 Å². The van der Waals surface area contributed by atoms with Crippen molar-refractivity contribution in [1.29, 1.82) is 0 Å². The Morgan fingerprint density at radius 2 is 1.88 bits per heavy atom. The molecule has 0 aromatic rings. The van der Waals surface area contributed by atoms with Crippen molar-refractivity contribution < 1.29 is 9.50 Å². The second-order valence-corrected chi connectivity index (χ2v) is 2.02. The molecule has 0 aromatic heterocycles. The van der Waals surface area contributed by atoms with Crippen molar-refractivity contribution in [2.45, 2.75) is 26.9 Å². The van der Waals surface area contributed by atoms with E-state index in [4.69, 9.17) is 5.11 Å². The molecule has 1 atom stereocenters. The molecule has 0 heterocycles. The fraction of sp³-hybridized carbons (Fsp3) is 0.667. The monoisotopic (exact) mass is 118 g/mol. The Morgan fingerprint density at radius 1 is 1.50 bits per heavy atom. The maximum atomic E-state index is 12.3. The molecule has 1 unspecified atom stereocenters. The van der Waals surface area contributed by atoms with Gasteiger partial charge in [-0.2, -0.15) is 0 Å². The molecule has 8 heavy (non-hydrogen) atoms. The Bertz CT molecular complexity index is 101. The Balaban J connectivity index is 4.00. The van der Waals surface area contributed by atoms with Crippen LogP contribution < -0.4 is 0 Å². The van der Waals surface area contributed by atoms with Gasteiger partial charge < -0.3 is 5.11 Å². The molecule has 0 bridgehead atoms. The van der Waals surface area contributed by atoms with Crippen molar-refractivity contribution in [2.75, 3.05) is 0 Å². The summed E-state index contributed by atoms with van der Waals surface area (Å²) in [5.41, 5.74) is 0.542. The van der Waals surface area contributed by atoms with Crippen LogP contribution in [0.3, 0.4) is 0 Å². The van der Waals surface area contributed by atoms with E-state index in [1.807, 2.05) is 0 Å². The van der Waals surface area contributed by atoms with Crippen molar-refractivity contribution in [1.82, 2.24) is 0 Å². The summed E-state index contributed by atoms with van der Waals surface area (Å²) in [5, 5.41) is 8.56. The van der Waals surface area contributed by atoms with Crippen molar-refractivity contribution in [2.24, 2.45) is 0 Å². The number of rotatable bonds is 1. The SMILES string of the molecule is CC(C)=C(F)C(C)O. The van der Waals surface area contributed by atoms with Gasteiger partial charge in [0.25, 0.3) is 0 Å². The van der Waals surface area contributed by atoms with E-state index in [2.05, 4.69) is 0 Å². The van der Waals surface area contributed by atoms with Gasteiger partial charge in [-0.1, -0.05) is 0 Å². The van der Waals surface area contributed by atoms with Crippen molar-refractivity contribution in [3.63, 3.8) is 0 Å². The lowest BCUT2D eigenvalue weighted by atomic mass is 10.2. The second kappa shape index (κ2) is 2.82. The van der Waals surface area contributed by atoms with E-state index in [9.17, 15) is 4.39 Å². The first-order chi connectivity index (χ1) is 3.55. The summed E-state index contributed by atoms with van der Waals surface area (Å²) >= 11 is 0. The van der Waals surface area contributed by atoms with Gasteiger partial charge in [0, 0.05) is 0 Å². The quantitative estimate of drug-likeness (QED) is 0.554. The van der Waals surface area contributed by atoms with Crippen LogP contribution in [-0.4, -0.2) is 11.2 Å². The van der Waals surface area contributed by atoms with Gasteiger partial charge in [-0.05, 0) is 26.3 Å². The fourth-order valence-electron chi connectivity index (χ4n) is 0.418. The summed E-state index contributed by atoms with van der Waals surface area (Å²) in [6, 6.07) is 0. The highest BCUT2D eigenvalue weighted by Crippen LogP contribution is 2.08. The summed E-state index contributed by atoms with van der Waals surface area (Å²) in [5.74, 6) is -0.426. The topological polar surface area (TPSA) is 20.2 Å². The molecule has 0 spiro atoms. The molecule has 48 valence electrons. The average Bonchev–Trinajstić information content (AvgIpc) is 1.64. The van der Waals surface area contributed by atoms with Gasteiger partial charge in [0.1, 0.15) is 11.9 Å². The third-order valence-corrected chi connectivity index (χ3v) is 0.844. The zero-order valence-electron chi connectivity index (χ0n) is 5.40. The van der Waals surface area contributed by atoms with Crippen LogP contribution in [0.5, 0.6) is 0 Å². The van der Waals surface area contributed by atoms with E-state index in [-0.39, 0.29) is 0 Å². The van der Waals surface area contributed by atoms with Crippen LogP contribution in [0.1, 0.15) is 20.8 Å². The molecule has 2 heteroatoms. The van der Waals surface area contributed by atoms with Crippen LogP contribution in [0, 0.1) is 0 Å². The van der Waals surface area contributed by atoms with Gasteiger partial charge in [0.05, 0.1) is 0 Å². The maximum absolute atomic E-state index is 12.3. The Hall–Kier alpha value is -0.370. The van der Waals surface area contributed by atoms with Gasteiger partial charge in [0.2, 0.25) is 0 Å². The van der Waals surface area contributed by atoms with Crippen LogP contribution in [-0.2, 0) is 0 Å². The van der Waals surface area contributed by atoms with Gasteiger partial charge in [-0.3, -0.25) is 0 Å². The van der Waals surface area contributed by atoms with Crippen LogP contribution in [0.15, 0.2) is 11.4 Å². The van der Waals surface area contributed by atoms with E-state index in [1.54, 1.807) is 13.8 Å². The molecular weight excluding hydrogens is 107 g/mol. The minimum atomic E-state index is -0.944. The molecule has 0 aliphatic rings. The van der Waals surface area contributed by atoms with Gasteiger partial charge >= 0.3 is 0 Å². The zero-order valence-corrected chi connectivity index (χ0v) is 5.40. The predicted octanol–water partition coefficient (Wildman–Crippen LogP) is 1.63. The Morgan fingerprint density at radius 3 is 1.88 bits per heavy atom. The van der Waals surface area contributed by atoms with Crippen LogP contribution in [0.4, 0.5) is 4.39 Å². The van der Waals surface area contributed by atoms with Crippen molar-refractivity contribution >= 4 is 0 Å². The van der Waals surface area contributed by atoms with E-state index in [0.29, 0.717) is 5.57 Å². The molecule has 0 aliphatic carbocycles. The molecule has 0 saturated heterocycles. The summed E-state index contributed by atoms with van der Waals surface area (Å²) in [6.07, 6.45) is -0.944. The standard InChI is InChI=1S/C6H11FO/c1-4(2)6(7)5(3)8/h5,8H,1-3H3. The minimum absolute atomic E-state index is 0.426. The maximum Gasteiger partial charge on any atom is 0.127 e. The van der Waals surface area contributed by atoms with Gasteiger partial charge in [-0.25, -0.2) is 4.39 Å². The molecule has 0 amide bonds. The molecular formula is C6H11FO. The lowest BCUT2D eigenvalue weighted by Gasteiger charge is -2.00. The normalized spacial score (nSPS) is 13.1. The first-order valence-corrected chi connectivity index (χ1v) is 2.56. The van der Waals surface area contributed by atoms with Crippen molar-refractivity contribution in [3.8, 4) is 0 Å². The summed E-state index contributed by atoms with van der Waals surface area (Å²) < 4.78 is 12.3. The van der Waals surface area contributed by atoms with E-state index in [0.717, 1.165) is 0 Å². The number of halogens is 1. The minimum Gasteiger partial charge on any atom is -0.386 e. The average molecular weight is 118 g/mol. The van der Waals surface area contributed by atoms with Crippen LogP contribution in [0.25, 0.3) is 0 Å². The molecule has 0 rings (SSSR count). The fourth-order valence-corrected chi connectivity index (χ4v) is 0.418. The third kappa shape index (κ3) is 2.07. The molecule has 0 radical (unpaired) electrons. The first-order valence-electron chi connectivity index (χ1n) is 2.56. The number of aliphatic hydroxyl groups is 1. The smallest absolute Gasteiger partial charge is 0.127 e. The first kappa shape index (κ1) is 7.63. The number of allylic oxidation sites excluding steroid dienone is 1. The number of aliphatic hydroxyl groups excluding tert-OH is 1. The third-order valence-electron chi connectivity index (χ3n) is 0.844. The second-order valence-electron chi connectivity index (χ2n) is 2.02. The highest BCUT2D eigenvalue weighted by molar-refractivity contribution is 5.04. The summed E-state index contributed by atoms with van der Waals surface area (Å²) in [7, 11) is 0. The molecule has 0 aliphatic heterocycles. The predicted molar refractivity (Wildman–Crippen MR) is 31.2 cm³/mol. The van der Waals surface area contributed by atoms with Crippen LogP contribution in [0.2, 0.25) is 0 Å². The van der Waals surface area contributed by atoms with Gasteiger partial charge in [0.15, 0.2) is 0 Å². The molecule has 1 N–H and O–H groups in total. The lowest BCUT2D eigenvalue weighted by molar-refractivity contribution is 0.200. The summed E-state index contributed by atoms with van der Waals surface area (Å²) in [4.78, 5) is 0. The number of hydrogen-bond acceptors (Lipinski definition) is 1. The van der Waals surface area contributed by atoms with Crippen LogP contribution >= 0.6 is 0 Å². The van der Waals surface area contributed by atoms with E-state index >= 15 is 0 Å². The highest BCUT2D eigenvalue weighted by Gasteiger charge is 2.02. The molecule has 1 nitrogen and oxygen atoms in total. The Labute approximate surface area is 48.8 Å². The number of hydrogen-bond donors (Lipinski definition) is 1. The van der Waals surface area contributed by atoms with E-state index < -0.39 is 11.9 Å². The largest absolute Gasteiger partial charge is 0.386 e. The zero-order chi connectivity index (χ0) is 6.73. The van der Waals surface area contributed by atoms with Gasteiger partial charge in [-0.15, -0.1) is 0 Å². The highest BCUT2D eigenvalue weighted by atomic mass is 19.1. The molecule has 0 aromatic carbocycles. The lowest BCUT2D eigenvalue weighted by Crippen LogP contribution is -2.00. The van der Waals surface area contributed by atoms with E-state index in [1.165, 1.54) is 6.92 Å². The molecule has 0 fully saturated rings. The molecule has 0 saturated carbocycles. The Kier molecular flexibility index (Phi) is 2.69.